The van der Waals surface area contributed by atoms with Gasteiger partial charge in [0, 0.05) is 20.3 Å². The monoisotopic (exact) mass is 514 g/mol. The lowest BCUT2D eigenvalue weighted by molar-refractivity contribution is -0.116. The van der Waals surface area contributed by atoms with Crippen LogP contribution in [0.3, 0.4) is 0 Å². The van der Waals surface area contributed by atoms with Gasteiger partial charge in [0.15, 0.2) is 10.9 Å². The Morgan fingerprint density at radius 1 is 1.19 bits per heavy atom. The number of nitrogens with one attached hydrogen (secondary N) is 1. The van der Waals surface area contributed by atoms with Crippen molar-refractivity contribution >= 4 is 56.1 Å². The lowest BCUT2D eigenvalue weighted by Crippen LogP contribution is -2.50. The largest absolute Gasteiger partial charge is 0.457 e. The van der Waals surface area contributed by atoms with Crippen molar-refractivity contribution in [2.45, 2.75) is 13.1 Å². The van der Waals surface area contributed by atoms with E-state index in [4.69, 9.17) is 21.0 Å². The molecule has 1 atom stereocenters. The van der Waals surface area contributed by atoms with Crippen LogP contribution >= 0.6 is 39.3 Å². The molecule has 31 heavy (non-hydrogen) atoms. The van der Waals surface area contributed by atoms with Gasteiger partial charge in [-0.3, -0.25) is 10.1 Å². The summed E-state index contributed by atoms with van der Waals surface area (Å²) in [6, 6.07) is 16.9. The number of carbonyl (C=O) groups is 1. The number of hydrogen-bond acceptors (Lipinski definition) is 6. The number of thioether (sulfide) groups is 1. The van der Waals surface area contributed by atoms with E-state index in [0.29, 0.717) is 32.8 Å². The van der Waals surface area contributed by atoms with Crippen LogP contribution in [0.2, 0.25) is 5.02 Å². The average Bonchev–Trinajstić information content (AvgIpc) is 3.23. The molecule has 6 nitrogen and oxygen atoms in total. The molecule has 0 radical (unpaired) electrons. The number of benzene rings is 2. The molecule has 2 aromatic carbocycles. The Morgan fingerprint density at radius 3 is 2.77 bits per heavy atom. The fourth-order valence-electron chi connectivity index (χ4n) is 3.50. The van der Waals surface area contributed by atoms with Crippen molar-refractivity contribution in [2.24, 2.45) is 10.1 Å². The third kappa shape index (κ3) is 3.79. The van der Waals surface area contributed by atoms with E-state index in [1.165, 1.54) is 11.8 Å². The summed E-state index contributed by atoms with van der Waals surface area (Å²) in [5, 5.41) is 11.8. The Hall–Kier alpha value is -2.55. The van der Waals surface area contributed by atoms with E-state index in [0.717, 1.165) is 21.0 Å². The van der Waals surface area contributed by atoms with Crippen LogP contribution in [0, 0.1) is 0 Å². The maximum Gasteiger partial charge on any atom is 0.276 e. The highest BCUT2D eigenvalue weighted by Gasteiger charge is 2.36. The summed E-state index contributed by atoms with van der Waals surface area (Å²) in [4.78, 5) is 17.9. The minimum absolute atomic E-state index is 0.213. The molecule has 156 valence electrons. The van der Waals surface area contributed by atoms with Crippen molar-refractivity contribution in [2.75, 3.05) is 5.75 Å². The molecule has 2 aliphatic rings. The van der Waals surface area contributed by atoms with E-state index in [2.05, 4.69) is 26.3 Å². The third-order valence-corrected chi connectivity index (χ3v) is 6.35. The summed E-state index contributed by atoms with van der Waals surface area (Å²) >= 11 is 11.0. The highest BCUT2D eigenvalue weighted by molar-refractivity contribution is 9.10. The molecule has 2 aliphatic heterocycles. The Bertz CT molecular complexity index is 1340. The number of halogens is 2. The second kappa shape index (κ2) is 8.18. The van der Waals surface area contributed by atoms with Gasteiger partial charge in [-0.15, -0.1) is 5.10 Å². The van der Waals surface area contributed by atoms with Gasteiger partial charge in [-0.1, -0.05) is 46.2 Å². The highest BCUT2D eigenvalue weighted by atomic mass is 79.9. The molecule has 1 amide bonds. The van der Waals surface area contributed by atoms with E-state index in [9.17, 15) is 4.79 Å². The van der Waals surface area contributed by atoms with Crippen molar-refractivity contribution < 1.29 is 9.21 Å². The van der Waals surface area contributed by atoms with E-state index in [-0.39, 0.29) is 5.91 Å². The predicted molar refractivity (Wildman–Crippen MR) is 126 cm³/mol. The number of hydrogen-bond donors (Lipinski definition) is 1. The summed E-state index contributed by atoms with van der Waals surface area (Å²) in [5.41, 5.74) is 1.35. The first-order valence-corrected chi connectivity index (χ1v) is 11.7. The molecule has 1 aromatic heterocycles. The molecule has 0 aliphatic carbocycles. The van der Waals surface area contributed by atoms with Gasteiger partial charge in [-0.2, -0.15) is 0 Å². The molecule has 1 N–H and O–H groups in total. The smallest absolute Gasteiger partial charge is 0.276 e. The van der Waals surface area contributed by atoms with Crippen molar-refractivity contribution in [3.05, 3.63) is 80.4 Å². The summed E-state index contributed by atoms with van der Waals surface area (Å²) in [7, 11) is 0. The van der Waals surface area contributed by atoms with Crippen molar-refractivity contribution in [1.82, 2.24) is 10.3 Å². The molecule has 9 heteroatoms. The standard InChI is InChI=1S/C22H16BrClN4O2S/c1-2-31-22-26-21(29)19-15-11-13(23)5-8-16(15)25-20(28(19)27-22)18-10-9-17(30-18)12-3-6-14(24)7-4-12/h3-11,20H,2H2,1H3,(H,26,27,29). The molecular formula is C22H16BrClN4O2S. The van der Waals surface area contributed by atoms with E-state index in [1.807, 2.05) is 61.5 Å². The van der Waals surface area contributed by atoms with Crippen LogP contribution < -0.4 is 15.9 Å². The fraction of sp³-hybridized carbons (Fsp3) is 0.136. The average molecular weight is 516 g/mol. The Kier molecular flexibility index (Phi) is 5.37. The number of furan rings is 1. The van der Waals surface area contributed by atoms with Crippen LogP contribution in [0.5, 0.6) is 0 Å². The van der Waals surface area contributed by atoms with Gasteiger partial charge < -0.3 is 4.42 Å². The third-order valence-electron chi connectivity index (χ3n) is 4.86. The van der Waals surface area contributed by atoms with Crippen LogP contribution in [-0.4, -0.2) is 21.8 Å². The van der Waals surface area contributed by atoms with Gasteiger partial charge in [-0.05, 0) is 60.4 Å². The number of carbonyl (C=O) groups excluding carboxylic acids is 1. The van der Waals surface area contributed by atoms with Gasteiger partial charge in [0.05, 0.1) is 5.36 Å². The Balaban J connectivity index is 1.65. The van der Waals surface area contributed by atoms with Crippen LogP contribution in [0.15, 0.2) is 73.6 Å². The molecule has 3 heterocycles. The topological polar surface area (TPSA) is 70.2 Å². The number of hydrazone groups is 1. The molecule has 0 fully saturated rings. The fourth-order valence-corrected chi connectivity index (χ4v) is 4.57. The second-order valence-corrected chi connectivity index (χ2v) is 9.46. The van der Waals surface area contributed by atoms with Gasteiger partial charge in [0.1, 0.15) is 11.5 Å². The summed E-state index contributed by atoms with van der Waals surface area (Å²) < 4.78 is 7.02. The van der Waals surface area contributed by atoms with Crippen LogP contribution in [-0.2, 0) is 4.79 Å². The number of fused-ring (bicyclic) bond motifs is 2. The minimum Gasteiger partial charge on any atom is -0.457 e. The molecule has 0 saturated carbocycles. The van der Waals surface area contributed by atoms with E-state index >= 15 is 0 Å². The number of nitrogens with zero attached hydrogens (tertiary/aromatic N) is 3. The zero-order chi connectivity index (χ0) is 21.5. The molecule has 0 spiro atoms. The SMILES string of the molecule is CCSC1=NN2C(=c3cc(Br)ccc3=NC2c2ccc(-c3ccc(Cl)cc3)o2)C(=O)N1. The first-order valence-electron chi connectivity index (χ1n) is 9.59. The molecule has 0 bridgehead atoms. The van der Waals surface area contributed by atoms with Gasteiger partial charge in [-0.25, -0.2) is 10.0 Å². The zero-order valence-electron chi connectivity index (χ0n) is 16.3. The van der Waals surface area contributed by atoms with Crippen molar-refractivity contribution in [3.63, 3.8) is 0 Å². The first kappa shape index (κ1) is 20.4. The van der Waals surface area contributed by atoms with Crippen LogP contribution in [0.4, 0.5) is 0 Å². The maximum atomic E-state index is 13.0. The van der Waals surface area contributed by atoms with Gasteiger partial charge in [0.2, 0.25) is 6.17 Å². The van der Waals surface area contributed by atoms with E-state index in [1.54, 1.807) is 5.01 Å². The number of amides is 1. The Labute approximate surface area is 195 Å². The minimum atomic E-state index is -0.594. The molecule has 1 unspecified atom stereocenters. The van der Waals surface area contributed by atoms with Crippen molar-refractivity contribution in [1.29, 1.82) is 0 Å². The summed E-state index contributed by atoms with van der Waals surface area (Å²) in [6.45, 7) is 2.01. The normalized spacial score (nSPS) is 17.5. The van der Waals surface area contributed by atoms with Crippen molar-refractivity contribution in [3.8, 4) is 11.3 Å². The summed E-state index contributed by atoms with van der Waals surface area (Å²) in [5.74, 6) is 1.86. The lowest BCUT2D eigenvalue weighted by Gasteiger charge is -2.32. The predicted octanol–water partition coefficient (Wildman–Crippen LogP) is 4.26. The highest BCUT2D eigenvalue weighted by Crippen LogP contribution is 2.34. The number of rotatable bonds is 3. The van der Waals surface area contributed by atoms with E-state index < -0.39 is 6.17 Å². The quantitative estimate of drug-likeness (QED) is 0.566. The zero-order valence-corrected chi connectivity index (χ0v) is 19.5. The van der Waals surface area contributed by atoms with Crippen LogP contribution in [0.1, 0.15) is 18.8 Å². The number of amidine groups is 1. The Morgan fingerprint density at radius 2 is 2.00 bits per heavy atom. The molecule has 3 aromatic rings. The van der Waals surface area contributed by atoms with Crippen LogP contribution in [0.25, 0.3) is 17.0 Å². The lowest BCUT2D eigenvalue weighted by atomic mass is 10.1. The molecular weight excluding hydrogens is 500 g/mol. The molecule has 0 saturated heterocycles. The van der Waals surface area contributed by atoms with Gasteiger partial charge in [0.25, 0.3) is 5.91 Å². The molecule has 5 rings (SSSR count). The first-order chi connectivity index (χ1) is 15.0. The van der Waals surface area contributed by atoms with Gasteiger partial charge >= 0.3 is 0 Å². The summed E-state index contributed by atoms with van der Waals surface area (Å²) in [6.07, 6.45) is -0.594. The maximum absolute atomic E-state index is 13.0. The second-order valence-electron chi connectivity index (χ2n) is 6.86.